The van der Waals surface area contributed by atoms with Gasteiger partial charge < -0.3 is 11.1 Å². The number of fused-ring (bicyclic) bond motifs is 1. The maximum Gasteiger partial charge on any atom is 0.227 e. The van der Waals surface area contributed by atoms with E-state index < -0.39 is 0 Å². The Balaban J connectivity index is 1.80. The molecule has 1 aliphatic rings. The summed E-state index contributed by atoms with van der Waals surface area (Å²) in [5, 5.41) is 3.71. The monoisotopic (exact) mass is 274 g/mol. The molecular formula is C14H15ClN4. The van der Waals surface area contributed by atoms with Crippen molar-refractivity contribution in [3.8, 4) is 0 Å². The standard InChI is InChI=1S/C14H15ClN4/c15-11-7-17-14(18-8-11)19-13-4-2-9-5-12(16)3-1-10(9)6-13/h2,4,6-8,12H,1,3,5,16H2,(H,17,18,19). The Morgan fingerprint density at radius 3 is 2.79 bits per heavy atom. The SMILES string of the molecule is NC1CCc2cc(Nc3ncc(Cl)cn3)ccc2C1. The quantitative estimate of drug-likeness (QED) is 0.884. The third-order valence-corrected chi connectivity index (χ3v) is 3.54. The highest BCUT2D eigenvalue weighted by Crippen LogP contribution is 2.25. The van der Waals surface area contributed by atoms with E-state index in [0.29, 0.717) is 17.0 Å². The number of hydrogen-bond acceptors (Lipinski definition) is 4. The van der Waals surface area contributed by atoms with Gasteiger partial charge in [0.15, 0.2) is 0 Å². The van der Waals surface area contributed by atoms with Crippen LogP contribution in [0.5, 0.6) is 0 Å². The van der Waals surface area contributed by atoms with Crippen LogP contribution in [0.2, 0.25) is 5.02 Å². The van der Waals surface area contributed by atoms with E-state index in [-0.39, 0.29) is 0 Å². The summed E-state index contributed by atoms with van der Waals surface area (Å²) in [4.78, 5) is 8.25. The zero-order chi connectivity index (χ0) is 13.2. The van der Waals surface area contributed by atoms with Crippen molar-refractivity contribution in [1.29, 1.82) is 0 Å². The molecule has 1 aromatic heterocycles. The first kappa shape index (κ1) is 12.4. The number of aryl methyl sites for hydroxylation is 1. The lowest BCUT2D eigenvalue weighted by Gasteiger charge is -2.22. The van der Waals surface area contributed by atoms with E-state index in [0.717, 1.165) is 24.9 Å². The minimum Gasteiger partial charge on any atom is -0.327 e. The van der Waals surface area contributed by atoms with Gasteiger partial charge in [0.05, 0.1) is 17.4 Å². The van der Waals surface area contributed by atoms with Crippen molar-refractivity contribution < 1.29 is 0 Å². The number of hydrogen-bond donors (Lipinski definition) is 2. The highest BCUT2D eigenvalue weighted by atomic mass is 35.5. The molecule has 0 bridgehead atoms. The van der Waals surface area contributed by atoms with E-state index in [2.05, 4.69) is 27.4 Å². The van der Waals surface area contributed by atoms with Crippen LogP contribution in [0.25, 0.3) is 0 Å². The fourth-order valence-corrected chi connectivity index (χ4v) is 2.46. The molecule has 19 heavy (non-hydrogen) atoms. The predicted octanol–water partition coefficient (Wildman–Crippen LogP) is 2.69. The first-order valence-electron chi connectivity index (χ1n) is 6.32. The highest BCUT2D eigenvalue weighted by Gasteiger charge is 2.15. The minimum absolute atomic E-state index is 0.297. The summed E-state index contributed by atoms with van der Waals surface area (Å²) in [5.74, 6) is 0.553. The molecule has 2 aromatic rings. The van der Waals surface area contributed by atoms with Crippen molar-refractivity contribution in [1.82, 2.24) is 9.97 Å². The summed E-state index contributed by atoms with van der Waals surface area (Å²) >= 11 is 5.76. The Morgan fingerprint density at radius 1 is 1.21 bits per heavy atom. The molecule has 4 nitrogen and oxygen atoms in total. The molecule has 0 saturated carbocycles. The van der Waals surface area contributed by atoms with Gasteiger partial charge in [0.1, 0.15) is 0 Å². The molecule has 1 aromatic carbocycles. The Kier molecular flexibility index (Phi) is 3.36. The summed E-state index contributed by atoms with van der Waals surface area (Å²) in [6, 6.07) is 6.62. The Bertz CT molecular complexity index is 582. The number of anilines is 2. The van der Waals surface area contributed by atoms with E-state index in [4.69, 9.17) is 17.3 Å². The van der Waals surface area contributed by atoms with Crippen LogP contribution < -0.4 is 11.1 Å². The van der Waals surface area contributed by atoms with Crippen molar-refractivity contribution in [2.24, 2.45) is 5.73 Å². The Morgan fingerprint density at radius 2 is 2.00 bits per heavy atom. The van der Waals surface area contributed by atoms with Gasteiger partial charge in [-0.25, -0.2) is 9.97 Å². The van der Waals surface area contributed by atoms with Gasteiger partial charge in [-0.05, 0) is 42.5 Å². The van der Waals surface area contributed by atoms with Gasteiger partial charge in [-0.15, -0.1) is 0 Å². The van der Waals surface area contributed by atoms with Crippen LogP contribution >= 0.6 is 11.6 Å². The number of aromatic nitrogens is 2. The van der Waals surface area contributed by atoms with E-state index in [1.165, 1.54) is 11.1 Å². The third-order valence-electron chi connectivity index (χ3n) is 3.35. The topological polar surface area (TPSA) is 63.8 Å². The number of halogens is 1. The zero-order valence-electron chi connectivity index (χ0n) is 10.4. The fraction of sp³-hybridized carbons (Fsp3) is 0.286. The van der Waals surface area contributed by atoms with Crippen LogP contribution in [0, 0.1) is 0 Å². The molecule has 1 unspecified atom stereocenters. The van der Waals surface area contributed by atoms with E-state index in [1.807, 2.05) is 6.07 Å². The first-order chi connectivity index (χ1) is 9.20. The van der Waals surface area contributed by atoms with Crippen molar-refractivity contribution >= 4 is 23.2 Å². The zero-order valence-corrected chi connectivity index (χ0v) is 11.2. The van der Waals surface area contributed by atoms with Crippen molar-refractivity contribution in [2.45, 2.75) is 25.3 Å². The van der Waals surface area contributed by atoms with Gasteiger partial charge in [0.25, 0.3) is 0 Å². The van der Waals surface area contributed by atoms with E-state index in [9.17, 15) is 0 Å². The minimum atomic E-state index is 0.297. The van der Waals surface area contributed by atoms with Gasteiger partial charge in [-0.2, -0.15) is 0 Å². The summed E-state index contributed by atoms with van der Waals surface area (Å²) in [6.45, 7) is 0. The number of nitrogens with one attached hydrogen (secondary N) is 1. The second-order valence-electron chi connectivity index (χ2n) is 4.84. The lowest BCUT2D eigenvalue weighted by molar-refractivity contribution is 0.577. The first-order valence-corrected chi connectivity index (χ1v) is 6.70. The molecule has 1 aliphatic carbocycles. The lowest BCUT2D eigenvalue weighted by atomic mass is 9.88. The van der Waals surface area contributed by atoms with Crippen molar-refractivity contribution in [2.75, 3.05) is 5.32 Å². The molecule has 0 amide bonds. The molecule has 3 rings (SSSR count). The third kappa shape index (κ3) is 2.85. The molecule has 0 aliphatic heterocycles. The van der Waals surface area contributed by atoms with Crippen LogP contribution in [0.4, 0.5) is 11.6 Å². The molecular weight excluding hydrogens is 260 g/mol. The maximum absolute atomic E-state index is 5.98. The molecule has 5 heteroatoms. The van der Waals surface area contributed by atoms with E-state index >= 15 is 0 Å². The van der Waals surface area contributed by atoms with Gasteiger partial charge in [-0.1, -0.05) is 17.7 Å². The molecule has 3 N–H and O–H groups in total. The van der Waals surface area contributed by atoms with Crippen molar-refractivity contribution in [3.63, 3.8) is 0 Å². The molecule has 0 fully saturated rings. The predicted molar refractivity (Wildman–Crippen MR) is 76.8 cm³/mol. The number of rotatable bonds is 2. The largest absolute Gasteiger partial charge is 0.327 e. The highest BCUT2D eigenvalue weighted by molar-refractivity contribution is 6.30. The van der Waals surface area contributed by atoms with Crippen LogP contribution in [0.15, 0.2) is 30.6 Å². The van der Waals surface area contributed by atoms with Gasteiger partial charge in [0, 0.05) is 11.7 Å². The maximum atomic E-state index is 5.98. The number of nitrogens with two attached hydrogens (primary N) is 1. The summed E-state index contributed by atoms with van der Waals surface area (Å²) in [7, 11) is 0. The lowest BCUT2D eigenvalue weighted by Crippen LogP contribution is -2.27. The Hall–Kier alpha value is -1.65. The second kappa shape index (κ2) is 5.15. The summed E-state index contributed by atoms with van der Waals surface area (Å²) in [6.07, 6.45) is 6.21. The molecule has 1 heterocycles. The molecule has 1 atom stereocenters. The van der Waals surface area contributed by atoms with Crippen LogP contribution in [0.1, 0.15) is 17.5 Å². The van der Waals surface area contributed by atoms with Gasteiger partial charge >= 0.3 is 0 Å². The number of benzene rings is 1. The van der Waals surface area contributed by atoms with Crippen LogP contribution in [-0.4, -0.2) is 16.0 Å². The average molecular weight is 275 g/mol. The fourth-order valence-electron chi connectivity index (χ4n) is 2.37. The normalized spacial score (nSPS) is 17.9. The van der Waals surface area contributed by atoms with Gasteiger partial charge in [-0.3, -0.25) is 0 Å². The number of nitrogens with zero attached hydrogens (tertiary/aromatic N) is 2. The van der Waals surface area contributed by atoms with Crippen LogP contribution in [-0.2, 0) is 12.8 Å². The average Bonchev–Trinajstić information content (AvgIpc) is 2.42. The Labute approximate surface area is 117 Å². The molecule has 0 radical (unpaired) electrons. The second-order valence-corrected chi connectivity index (χ2v) is 5.27. The van der Waals surface area contributed by atoms with Crippen LogP contribution in [0.3, 0.4) is 0 Å². The smallest absolute Gasteiger partial charge is 0.227 e. The summed E-state index contributed by atoms with van der Waals surface area (Å²) in [5.41, 5.74) is 9.68. The molecule has 0 saturated heterocycles. The summed E-state index contributed by atoms with van der Waals surface area (Å²) < 4.78 is 0. The van der Waals surface area contributed by atoms with Crippen molar-refractivity contribution in [3.05, 3.63) is 46.7 Å². The van der Waals surface area contributed by atoms with Gasteiger partial charge in [0.2, 0.25) is 5.95 Å². The molecule has 0 spiro atoms. The molecule has 98 valence electrons. The van der Waals surface area contributed by atoms with E-state index in [1.54, 1.807) is 12.4 Å².